The minimum Gasteiger partial charge on any atom is -0.374 e. The Balaban J connectivity index is 2.35. The zero-order valence-corrected chi connectivity index (χ0v) is 11.4. The smallest absolute Gasteiger partial charge is 0.0810 e. The van der Waals surface area contributed by atoms with Gasteiger partial charge in [0.1, 0.15) is 0 Å². The predicted octanol–water partition coefficient (Wildman–Crippen LogP) is 2.06. The fourth-order valence-corrected chi connectivity index (χ4v) is 1.97. The molecule has 1 rings (SSSR count). The molecule has 1 heterocycles. The zero-order valence-electron chi connectivity index (χ0n) is 10.6. The molecule has 0 aliphatic carbocycles. The van der Waals surface area contributed by atoms with Gasteiger partial charge >= 0.3 is 0 Å². The Morgan fingerprint density at radius 3 is 2.44 bits per heavy atom. The lowest BCUT2D eigenvalue weighted by molar-refractivity contribution is 0.0285. The van der Waals surface area contributed by atoms with Crippen LogP contribution in [-0.4, -0.2) is 31.1 Å². The normalized spacial score (nSPS) is 12.4. The van der Waals surface area contributed by atoms with Crippen LogP contribution in [0.2, 0.25) is 0 Å². The molecule has 0 saturated carbocycles. The largest absolute Gasteiger partial charge is 0.374 e. The molecule has 4 heteroatoms. The second-order valence-corrected chi connectivity index (χ2v) is 6.02. The van der Waals surface area contributed by atoms with E-state index >= 15 is 0 Å². The van der Waals surface area contributed by atoms with Gasteiger partial charge in [-0.05, 0) is 40.1 Å². The second kappa shape index (κ2) is 5.77. The Morgan fingerprint density at radius 2 is 1.94 bits per heavy atom. The fraction of sp³-hybridized carbons (Fsp3) is 0.667. The average Bonchev–Trinajstić information content (AvgIpc) is 2.65. The highest BCUT2D eigenvalue weighted by Crippen LogP contribution is 2.18. The van der Waals surface area contributed by atoms with E-state index in [2.05, 4.69) is 45.0 Å². The molecule has 0 spiro atoms. The van der Waals surface area contributed by atoms with Gasteiger partial charge in [0, 0.05) is 21.8 Å². The van der Waals surface area contributed by atoms with E-state index in [4.69, 9.17) is 10.5 Å². The Kier molecular flexibility index (Phi) is 4.92. The van der Waals surface area contributed by atoms with Gasteiger partial charge < -0.3 is 15.4 Å². The van der Waals surface area contributed by atoms with Crippen LogP contribution in [0.4, 0.5) is 0 Å². The van der Waals surface area contributed by atoms with E-state index in [-0.39, 0.29) is 5.54 Å². The van der Waals surface area contributed by atoms with Crippen LogP contribution in [0, 0.1) is 0 Å². The van der Waals surface area contributed by atoms with Crippen molar-refractivity contribution in [3.05, 3.63) is 21.9 Å². The molecule has 16 heavy (non-hydrogen) atoms. The van der Waals surface area contributed by atoms with Crippen molar-refractivity contribution in [3.63, 3.8) is 0 Å². The molecule has 1 aromatic rings. The third-order valence-corrected chi connectivity index (χ3v) is 3.91. The van der Waals surface area contributed by atoms with Crippen LogP contribution in [0.15, 0.2) is 12.1 Å². The van der Waals surface area contributed by atoms with E-state index < -0.39 is 0 Å². The molecule has 2 N–H and O–H groups in total. The van der Waals surface area contributed by atoms with Crippen molar-refractivity contribution in [1.29, 1.82) is 0 Å². The first-order chi connectivity index (χ1) is 7.45. The summed E-state index contributed by atoms with van der Waals surface area (Å²) < 4.78 is 5.73. The Hall–Kier alpha value is -0.420. The van der Waals surface area contributed by atoms with Crippen LogP contribution in [0.5, 0.6) is 0 Å². The highest BCUT2D eigenvalue weighted by molar-refractivity contribution is 7.11. The van der Waals surface area contributed by atoms with Crippen molar-refractivity contribution in [2.45, 2.75) is 32.5 Å². The van der Waals surface area contributed by atoms with Crippen molar-refractivity contribution < 1.29 is 4.74 Å². The van der Waals surface area contributed by atoms with Gasteiger partial charge in [0.05, 0.1) is 13.2 Å². The third-order valence-electron chi connectivity index (χ3n) is 2.83. The molecule has 3 nitrogen and oxygen atoms in total. The van der Waals surface area contributed by atoms with Gasteiger partial charge in [0.25, 0.3) is 0 Å². The number of hydrogen-bond acceptors (Lipinski definition) is 4. The number of hydrogen-bond donors (Lipinski definition) is 1. The third kappa shape index (κ3) is 3.87. The number of ether oxygens (including phenoxy) is 1. The molecule has 0 bridgehead atoms. The summed E-state index contributed by atoms with van der Waals surface area (Å²) in [6, 6.07) is 4.16. The summed E-state index contributed by atoms with van der Waals surface area (Å²) >= 11 is 1.73. The summed E-state index contributed by atoms with van der Waals surface area (Å²) in [5.74, 6) is 0. The van der Waals surface area contributed by atoms with E-state index in [0.29, 0.717) is 13.2 Å². The Morgan fingerprint density at radius 1 is 1.31 bits per heavy atom. The number of rotatable bonds is 6. The van der Waals surface area contributed by atoms with Gasteiger partial charge in [-0.25, -0.2) is 0 Å². The molecule has 0 fully saturated rings. The zero-order chi connectivity index (χ0) is 12.2. The molecular weight excluding hydrogens is 220 g/mol. The minimum absolute atomic E-state index is 0.0773. The molecule has 0 amide bonds. The summed E-state index contributed by atoms with van der Waals surface area (Å²) in [5.41, 5.74) is 5.64. The molecule has 0 saturated heterocycles. The second-order valence-electron chi connectivity index (χ2n) is 4.77. The summed E-state index contributed by atoms with van der Waals surface area (Å²) in [4.78, 5) is 4.63. The standard InChI is InChI=1S/C12H22N2OS/c1-12(2,14(3)4)9-15-8-11-6-5-10(7-13)16-11/h5-6H,7-9,13H2,1-4H3. The van der Waals surface area contributed by atoms with Crippen LogP contribution in [0.25, 0.3) is 0 Å². The molecule has 0 aromatic carbocycles. The number of nitrogens with two attached hydrogens (primary N) is 1. The lowest BCUT2D eigenvalue weighted by Gasteiger charge is -2.32. The average molecular weight is 242 g/mol. The van der Waals surface area contributed by atoms with E-state index in [1.807, 2.05) is 0 Å². The van der Waals surface area contributed by atoms with Gasteiger partial charge in [-0.1, -0.05) is 0 Å². The van der Waals surface area contributed by atoms with Crippen molar-refractivity contribution in [2.75, 3.05) is 20.7 Å². The Bertz CT molecular complexity index is 321. The van der Waals surface area contributed by atoms with Crippen molar-refractivity contribution in [2.24, 2.45) is 5.73 Å². The van der Waals surface area contributed by atoms with Crippen molar-refractivity contribution >= 4 is 11.3 Å². The van der Waals surface area contributed by atoms with Crippen LogP contribution in [0.3, 0.4) is 0 Å². The first kappa shape index (κ1) is 13.6. The van der Waals surface area contributed by atoms with Crippen LogP contribution < -0.4 is 5.73 Å². The van der Waals surface area contributed by atoms with E-state index in [1.54, 1.807) is 11.3 Å². The minimum atomic E-state index is 0.0773. The summed E-state index contributed by atoms with van der Waals surface area (Å²) in [6.45, 7) is 6.38. The molecule has 0 aliphatic heterocycles. The van der Waals surface area contributed by atoms with Gasteiger partial charge in [0.2, 0.25) is 0 Å². The molecule has 1 aromatic heterocycles. The molecule has 0 radical (unpaired) electrons. The molecule has 92 valence electrons. The maximum atomic E-state index is 5.73. The predicted molar refractivity (Wildman–Crippen MR) is 69.6 cm³/mol. The maximum Gasteiger partial charge on any atom is 0.0810 e. The quantitative estimate of drug-likeness (QED) is 0.830. The summed E-state index contributed by atoms with van der Waals surface area (Å²) in [6.07, 6.45) is 0. The molecule has 0 aliphatic rings. The van der Waals surface area contributed by atoms with Gasteiger partial charge in [-0.15, -0.1) is 11.3 Å². The first-order valence-electron chi connectivity index (χ1n) is 5.48. The van der Waals surface area contributed by atoms with Crippen molar-refractivity contribution in [3.8, 4) is 0 Å². The number of thiophene rings is 1. The van der Waals surface area contributed by atoms with Crippen LogP contribution in [0.1, 0.15) is 23.6 Å². The Labute approximate surface area is 102 Å². The van der Waals surface area contributed by atoms with Gasteiger partial charge in [-0.2, -0.15) is 0 Å². The topological polar surface area (TPSA) is 38.5 Å². The lowest BCUT2D eigenvalue weighted by atomic mass is 10.1. The van der Waals surface area contributed by atoms with Gasteiger partial charge in [-0.3, -0.25) is 0 Å². The lowest BCUT2D eigenvalue weighted by Crippen LogP contribution is -2.42. The molecule has 0 atom stereocenters. The molecule has 0 unspecified atom stereocenters. The van der Waals surface area contributed by atoms with Crippen molar-refractivity contribution in [1.82, 2.24) is 4.90 Å². The summed E-state index contributed by atoms with van der Waals surface area (Å²) in [5, 5.41) is 0. The van der Waals surface area contributed by atoms with E-state index in [1.165, 1.54) is 9.75 Å². The highest BCUT2D eigenvalue weighted by Gasteiger charge is 2.20. The van der Waals surface area contributed by atoms with Gasteiger partial charge in [0.15, 0.2) is 0 Å². The maximum absolute atomic E-state index is 5.73. The number of nitrogens with zero attached hydrogens (tertiary/aromatic N) is 1. The summed E-state index contributed by atoms with van der Waals surface area (Å²) in [7, 11) is 4.14. The first-order valence-corrected chi connectivity index (χ1v) is 6.30. The highest BCUT2D eigenvalue weighted by atomic mass is 32.1. The van der Waals surface area contributed by atoms with Crippen LogP contribution in [-0.2, 0) is 17.9 Å². The monoisotopic (exact) mass is 242 g/mol. The fourth-order valence-electron chi connectivity index (χ4n) is 1.14. The van der Waals surface area contributed by atoms with E-state index in [9.17, 15) is 0 Å². The van der Waals surface area contributed by atoms with E-state index in [0.717, 1.165) is 6.61 Å². The molecular formula is C12H22N2OS. The number of likely N-dealkylation sites (N-methyl/N-ethyl adjacent to an activating group) is 1. The van der Waals surface area contributed by atoms with Crippen LogP contribution >= 0.6 is 11.3 Å². The SMILES string of the molecule is CN(C)C(C)(C)COCc1ccc(CN)s1.